The van der Waals surface area contributed by atoms with Gasteiger partial charge in [0.05, 0.1) is 18.7 Å². The average Bonchev–Trinajstić information content (AvgIpc) is 2.77. The number of carbonyl (C=O) groups is 2. The van der Waals surface area contributed by atoms with E-state index in [1.807, 2.05) is 6.92 Å². The fourth-order valence-corrected chi connectivity index (χ4v) is 4.53. The van der Waals surface area contributed by atoms with Crippen molar-refractivity contribution in [3.8, 4) is 5.75 Å². The Bertz CT molecular complexity index is 1170. The number of nitrogens with zero attached hydrogens (tertiary/aromatic N) is 2. The Morgan fingerprint density at radius 3 is 2.81 bits per heavy atom. The number of hydrogen-bond donors (Lipinski definition) is 2. The summed E-state index contributed by atoms with van der Waals surface area (Å²) in [5, 5.41) is 13.4. The Labute approximate surface area is 188 Å². The first-order valence-corrected chi connectivity index (χ1v) is 10.7. The molecule has 0 aliphatic carbocycles. The summed E-state index contributed by atoms with van der Waals surface area (Å²) in [6.07, 6.45) is 1.86. The minimum Gasteiger partial charge on any atom is -0.503 e. The van der Waals surface area contributed by atoms with Crippen LogP contribution in [-0.4, -0.2) is 52.2 Å². The van der Waals surface area contributed by atoms with Crippen molar-refractivity contribution in [2.24, 2.45) is 0 Å². The predicted molar refractivity (Wildman–Crippen MR) is 115 cm³/mol. The van der Waals surface area contributed by atoms with Gasteiger partial charge in [-0.15, -0.1) is 0 Å². The molecule has 0 radical (unpaired) electrons. The number of likely N-dealkylation sites (N-methyl/N-ethyl adjacent to an activating group) is 1. The van der Waals surface area contributed by atoms with Gasteiger partial charge in [0.1, 0.15) is 11.4 Å². The second-order valence-corrected chi connectivity index (χ2v) is 8.35. The van der Waals surface area contributed by atoms with Gasteiger partial charge in [-0.25, -0.2) is 4.39 Å². The number of rotatable bonds is 4. The van der Waals surface area contributed by atoms with Crippen LogP contribution in [0.2, 0.25) is 5.02 Å². The van der Waals surface area contributed by atoms with E-state index in [4.69, 9.17) is 16.3 Å². The molecule has 1 aromatic carbocycles. The summed E-state index contributed by atoms with van der Waals surface area (Å²) in [6, 6.07) is 2.16. The minimum atomic E-state index is -0.953. The fourth-order valence-electron chi connectivity index (χ4n) is 4.35. The maximum absolute atomic E-state index is 14.2. The minimum absolute atomic E-state index is 0.132. The van der Waals surface area contributed by atoms with Crippen molar-refractivity contribution < 1.29 is 23.8 Å². The molecule has 0 spiro atoms. The van der Waals surface area contributed by atoms with Gasteiger partial charge in [0.15, 0.2) is 11.4 Å². The second-order valence-electron chi connectivity index (χ2n) is 7.94. The Morgan fingerprint density at radius 2 is 2.09 bits per heavy atom. The van der Waals surface area contributed by atoms with E-state index in [-0.39, 0.29) is 35.4 Å². The van der Waals surface area contributed by atoms with Crippen molar-refractivity contribution in [3.05, 3.63) is 61.8 Å². The molecule has 0 saturated carbocycles. The zero-order valence-electron chi connectivity index (χ0n) is 17.7. The van der Waals surface area contributed by atoms with E-state index in [1.54, 1.807) is 11.8 Å². The van der Waals surface area contributed by atoms with Gasteiger partial charge in [0.2, 0.25) is 5.43 Å². The van der Waals surface area contributed by atoms with Crippen LogP contribution >= 0.6 is 11.6 Å². The highest BCUT2D eigenvalue weighted by molar-refractivity contribution is 6.31. The molecule has 2 aromatic rings. The Kier molecular flexibility index (Phi) is 5.96. The number of aromatic hydroxyl groups is 1. The molecular weight excluding hydrogens is 441 g/mol. The van der Waals surface area contributed by atoms with Gasteiger partial charge >= 0.3 is 0 Å². The van der Waals surface area contributed by atoms with Crippen LogP contribution in [0.3, 0.4) is 0 Å². The number of aryl methyl sites for hydroxylation is 1. The van der Waals surface area contributed by atoms with Crippen molar-refractivity contribution in [1.29, 1.82) is 0 Å². The molecule has 2 atom stereocenters. The molecule has 3 heterocycles. The lowest BCUT2D eigenvalue weighted by atomic mass is 9.96. The van der Waals surface area contributed by atoms with Crippen LogP contribution in [-0.2, 0) is 11.3 Å². The summed E-state index contributed by atoms with van der Waals surface area (Å²) in [5.74, 6) is -2.58. The van der Waals surface area contributed by atoms with Crippen LogP contribution in [0.5, 0.6) is 5.75 Å². The fraction of sp³-hybridized carbons (Fsp3) is 0.409. The maximum Gasteiger partial charge on any atom is 0.274 e. The van der Waals surface area contributed by atoms with E-state index in [9.17, 15) is 23.9 Å². The highest BCUT2D eigenvalue weighted by Crippen LogP contribution is 2.35. The SMILES string of the molecule is CCN1C(=O)c2c(O)c(=O)c(C(=O)NCc3cc(Cl)c(C)cc3F)cn2[C@H]2CCOC[C@H]21. The van der Waals surface area contributed by atoms with Crippen molar-refractivity contribution in [3.63, 3.8) is 0 Å². The van der Waals surface area contributed by atoms with E-state index in [1.165, 1.54) is 22.9 Å². The van der Waals surface area contributed by atoms with Gasteiger partial charge in [-0.2, -0.15) is 0 Å². The average molecular weight is 464 g/mol. The molecule has 32 heavy (non-hydrogen) atoms. The monoisotopic (exact) mass is 463 g/mol. The molecule has 2 amide bonds. The number of benzene rings is 1. The number of ether oxygens (including phenoxy) is 1. The van der Waals surface area contributed by atoms with Crippen molar-refractivity contribution in [1.82, 2.24) is 14.8 Å². The van der Waals surface area contributed by atoms with E-state index in [0.29, 0.717) is 36.8 Å². The topological polar surface area (TPSA) is 101 Å². The molecule has 1 saturated heterocycles. The molecule has 0 unspecified atom stereocenters. The number of pyridine rings is 1. The second kappa shape index (κ2) is 8.55. The van der Waals surface area contributed by atoms with Crippen LogP contribution < -0.4 is 10.7 Å². The smallest absolute Gasteiger partial charge is 0.274 e. The zero-order chi connectivity index (χ0) is 23.2. The summed E-state index contributed by atoms with van der Waals surface area (Å²) in [4.78, 5) is 40.1. The van der Waals surface area contributed by atoms with Crippen LogP contribution in [0, 0.1) is 12.7 Å². The van der Waals surface area contributed by atoms with Gasteiger partial charge in [-0.3, -0.25) is 14.4 Å². The van der Waals surface area contributed by atoms with Crippen LogP contribution in [0.25, 0.3) is 0 Å². The number of nitrogens with one attached hydrogen (secondary N) is 1. The molecule has 2 N–H and O–H groups in total. The molecule has 4 rings (SSSR count). The standard InChI is InChI=1S/C22H23ClFN3O5/c1-3-26-17-10-32-5-4-16(17)27-9-13(19(28)20(29)18(27)22(26)31)21(30)25-8-12-7-14(23)11(2)6-15(12)24/h6-7,9,16-17,29H,3-5,8,10H2,1-2H3,(H,25,30)/t16-,17+/m0/s1. The molecule has 170 valence electrons. The van der Waals surface area contributed by atoms with Crippen LogP contribution in [0.1, 0.15) is 51.4 Å². The normalized spacial score (nSPS) is 20.0. The number of amides is 2. The quantitative estimate of drug-likeness (QED) is 0.725. The number of halogens is 2. The lowest BCUT2D eigenvalue weighted by Gasteiger charge is -2.45. The van der Waals surface area contributed by atoms with Crippen LogP contribution in [0.15, 0.2) is 23.1 Å². The number of carbonyl (C=O) groups excluding carboxylic acids is 2. The third kappa shape index (κ3) is 3.65. The number of fused-ring (bicyclic) bond motifs is 3. The molecule has 2 aliphatic heterocycles. The largest absolute Gasteiger partial charge is 0.503 e. The zero-order valence-corrected chi connectivity index (χ0v) is 18.4. The molecule has 8 nitrogen and oxygen atoms in total. The summed E-state index contributed by atoms with van der Waals surface area (Å²) in [6.45, 7) is 4.44. The maximum atomic E-state index is 14.2. The third-order valence-electron chi connectivity index (χ3n) is 6.07. The van der Waals surface area contributed by atoms with Gasteiger partial charge < -0.3 is 24.6 Å². The summed E-state index contributed by atoms with van der Waals surface area (Å²) < 4.78 is 21.2. The molecule has 1 fully saturated rings. The van der Waals surface area contributed by atoms with Crippen molar-refractivity contribution in [2.45, 2.75) is 38.9 Å². The first kappa shape index (κ1) is 22.3. The van der Waals surface area contributed by atoms with E-state index in [2.05, 4.69) is 5.32 Å². The van der Waals surface area contributed by atoms with Crippen molar-refractivity contribution in [2.75, 3.05) is 19.8 Å². The summed E-state index contributed by atoms with van der Waals surface area (Å²) in [5.41, 5.74) is -0.685. The lowest BCUT2D eigenvalue weighted by Crippen LogP contribution is -2.55. The Balaban J connectivity index is 1.69. The van der Waals surface area contributed by atoms with E-state index < -0.39 is 28.8 Å². The highest BCUT2D eigenvalue weighted by Gasteiger charge is 2.43. The molecule has 1 aromatic heterocycles. The summed E-state index contributed by atoms with van der Waals surface area (Å²) >= 11 is 6.03. The Morgan fingerprint density at radius 1 is 1.34 bits per heavy atom. The first-order chi connectivity index (χ1) is 15.2. The third-order valence-corrected chi connectivity index (χ3v) is 6.48. The first-order valence-electron chi connectivity index (χ1n) is 10.3. The van der Waals surface area contributed by atoms with Crippen molar-refractivity contribution >= 4 is 23.4 Å². The number of aromatic nitrogens is 1. The van der Waals surface area contributed by atoms with Crippen LogP contribution in [0.4, 0.5) is 4.39 Å². The molecular formula is C22H23ClFN3O5. The predicted octanol–water partition coefficient (Wildman–Crippen LogP) is 2.39. The van der Waals surface area contributed by atoms with E-state index >= 15 is 0 Å². The van der Waals surface area contributed by atoms with Gasteiger partial charge in [0.25, 0.3) is 11.8 Å². The molecule has 2 aliphatic rings. The molecule has 10 heteroatoms. The lowest BCUT2D eigenvalue weighted by molar-refractivity contribution is -0.0176. The van der Waals surface area contributed by atoms with Gasteiger partial charge in [0, 0.05) is 36.5 Å². The van der Waals surface area contributed by atoms with Gasteiger partial charge in [-0.05, 0) is 38.0 Å². The summed E-state index contributed by atoms with van der Waals surface area (Å²) in [7, 11) is 0. The Hall–Kier alpha value is -2.91. The number of hydrogen-bond acceptors (Lipinski definition) is 5. The highest BCUT2D eigenvalue weighted by atomic mass is 35.5. The molecule has 0 bridgehead atoms. The van der Waals surface area contributed by atoms with Gasteiger partial charge in [-0.1, -0.05) is 11.6 Å². The van der Waals surface area contributed by atoms with E-state index in [0.717, 1.165) is 0 Å².